The fourth-order valence-corrected chi connectivity index (χ4v) is 9.28. The first kappa shape index (κ1) is 63.6. The number of unbranched alkanes of at least 4 members (excludes halogenated alkanes) is 42. The second-order valence-electron chi connectivity index (χ2n) is 20.3. The van der Waals surface area contributed by atoms with E-state index in [9.17, 15) is 19.8 Å². The van der Waals surface area contributed by atoms with E-state index in [1.807, 2.05) is 0 Å². The highest BCUT2D eigenvalue weighted by Crippen LogP contribution is 2.18. The van der Waals surface area contributed by atoms with Crippen molar-refractivity contribution in [1.82, 2.24) is 5.32 Å². The minimum atomic E-state index is -0.673. The van der Waals surface area contributed by atoms with Crippen molar-refractivity contribution in [3.05, 3.63) is 12.2 Å². The Balaban J connectivity index is 3.44. The molecule has 0 radical (unpaired) electrons. The summed E-state index contributed by atoms with van der Waals surface area (Å²) < 4.78 is 5.46. The summed E-state index contributed by atoms with van der Waals surface area (Å²) in [6, 6.07) is -0.551. The molecule has 6 heteroatoms. The largest absolute Gasteiger partial charge is 0.466 e. The summed E-state index contributed by atoms with van der Waals surface area (Å²) in [6.07, 6.45) is 64.8. The van der Waals surface area contributed by atoms with Crippen LogP contribution in [0.1, 0.15) is 328 Å². The fourth-order valence-electron chi connectivity index (χ4n) is 9.28. The van der Waals surface area contributed by atoms with Crippen molar-refractivity contribution in [2.24, 2.45) is 0 Å². The molecule has 0 aliphatic rings. The van der Waals surface area contributed by atoms with Gasteiger partial charge in [-0.25, -0.2) is 0 Å². The van der Waals surface area contributed by atoms with Crippen molar-refractivity contribution in [2.75, 3.05) is 13.2 Å². The summed E-state index contributed by atoms with van der Waals surface area (Å²) >= 11 is 0. The molecule has 0 aromatic carbocycles. The molecule has 1 amide bonds. The Morgan fingerprint density at radius 3 is 1.09 bits per heavy atom. The topological polar surface area (TPSA) is 95.9 Å². The molecule has 0 aromatic rings. The normalized spacial score (nSPS) is 12.6. The Bertz CT molecular complexity index is 970. The van der Waals surface area contributed by atoms with Crippen molar-refractivity contribution < 1.29 is 24.5 Å². The van der Waals surface area contributed by atoms with E-state index in [2.05, 4.69) is 31.3 Å². The van der Waals surface area contributed by atoms with Crippen LogP contribution in [-0.2, 0) is 14.3 Å². The molecule has 2 unspecified atom stereocenters. The maximum atomic E-state index is 12.5. The summed E-state index contributed by atoms with van der Waals surface area (Å²) in [5, 5.41) is 23.3. The van der Waals surface area contributed by atoms with Gasteiger partial charge in [0, 0.05) is 12.8 Å². The zero-order valence-electron chi connectivity index (χ0n) is 44.0. The van der Waals surface area contributed by atoms with Crippen LogP contribution >= 0.6 is 0 Å². The van der Waals surface area contributed by atoms with E-state index in [0.29, 0.717) is 25.9 Å². The monoisotopic (exact) mass is 918 g/mol. The Morgan fingerprint density at radius 2 is 0.723 bits per heavy atom. The number of nitrogens with one attached hydrogen (secondary N) is 1. The van der Waals surface area contributed by atoms with Crippen LogP contribution in [0.4, 0.5) is 0 Å². The summed E-state index contributed by atoms with van der Waals surface area (Å²) in [7, 11) is 0. The van der Waals surface area contributed by atoms with Crippen molar-refractivity contribution in [3.63, 3.8) is 0 Å². The standard InChI is InChI=1S/C59H115NO5/c1-3-5-7-9-11-13-15-17-19-20-21-22-23-24-25-27-31-35-39-43-47-51-57(62)56(55-61)60-58(63)52-48-44-40-36-32-28-26-30-34-38-42-46-50-54-65-59(64)53-49-45-41-37-33-29-18-16-14-12-10-8-6-4-2/h16,18,56-57,61-62H,3-15,17,19-55H2,1-2H3,(H,60,63)/b18-16-. The highest BCUT2D eigenvalue weighted by molar-refractivity contribution is 5.76. The molecule has 6 nitrogen and oxygen atoms in total. The van der Waals surface area contributed by atoms with E-state index < -0.39 is 12.1 Å². The van der Waals surface area contributed by atoms with E-state index in [-0.39, 0.29) is 18.5 Å². The van der Waals surface area contributed by atoms with E-state index in [1.165, 1.54) is 244 Å². The number of allylic oxidation sites excluding steroid dienone is 2. The second-order valence-corrected chi connectivity index (χ2v) is 20.3. The summed E-state index contributed by atoms with van der Waals surface area (Å²) in [5.74, 6) is -0.0576. The molecule has 65 heavy (non-hydrogen) atoms. The molecule has 2 atom stereocenters. The average molecular weight is 919 g/mol. The molecular weight excluding hydrogens is 803 g/mol. The van der Waals surface area contributed by atoms with Gasteiger partial charge in [-0.3, -0.25) is 9.59 Å². The van der Waals surface area contributed by atoms with Crippen molar-refractivity contribution >= 4 is 11.9 Å². The first-order valence-corrected chi connectivity index (χ1v) is 29.4. The van der Waals surface area contributed by atoms with Gasteiger partial charge in [0.2, 0.25) is 5.91 Å². The molecule has 0 aromatic heterocycles. The van der Waals surface area contributed by atoms with Crippen LogP contribution in [0.25, 0.3) is 0 Å². The third kappa shape index (κ3) is 51.8. The lowest BCUT2D eigenvalue weighted by Crippen LogP contribution is -2.45. The molecule has 0 fully saturated rings. The van der Waals surface area contributed by atoms with Gasteiger partial charge >= 0.3 is 5.97 Å². The lowest BCUT2D eigenvalue weighted by Gasteiger charge is -2.22. The number of hydrogen-bond donors (Lipinski definition) is 3. The van der Waals surface area contributed by atoms with Gasteiger partial charge in [0.1, 0.15) is 0 Å². The van der Waals surface area contributed by atoms with Crippen LogP contribution in [-0.4, -0.2) is 47.4 Å². The summed E-state index contributed by atoms with van der Waals surface area (Å²) in [4.78, 5) is 24.5. The number of esters is 1. The third-order valence-corrected chi connectivity index (χ3v) is 13.8. The lowest BCUT2D eigenvalue weighted by molar-refractivity contribution is -0.143. The van der Waals surface area contributed by atoms with Crippen molar-refractivity contribution in [2.45, 2.75) is 341 Å². The molecule has 0 aliphatic carbocycles. The Labute approximate surface area is 406 Å². The third-order valence-electron chi connectivity index (χ3n) is 13.8. The predicted molar refractivity (Wildman–Crippen MR) is 283 cm³/mol. The van der Waals surface area contributed by atoms with E-state index in [4.69, 9.17) is 4.74 Å². The molecular formula is C59H115NO5. The zero-order valence-corrected chi connectivity index (χ0v) is 44.0. The minimum absolute atomic E-state index is 0.0129. The van der Waals surface area contributed by atoms with Crippen LogP contribution in [0.2, 0.25) is 0 Å². The number of hydrogen-bond acceptors (Lipinski definition) is 5. The number of ether oxygens (including phenoxy) is 1. The first-order chi connectivity index (χ1) is 32.0. The Morgan fingerprint density at radius 1 is 0.415 bits per heavy atom. The van der Waals surface area contributed by atoms with E-state index >= 15 is 0 Å². The molecule has 0 rings (SSSR count). The van der Waals surface area contributed by atoms with Crippen molar-refractivity contribution in [1.29, 1.82) is 0 Å². The molecule has 0 bridgehead atoms. The summed E-state index contributed by atoms with van der Waals surface area (Å²) in [5.41, 5.74) is 0. The molecule has 0 heterocycles. The number of aliphatic hydroxyl groups is 2. The van der Waals surface area contributed by atoms with E-state index in [0.717, 1.165) is 51.4 Å². The van der Waals surface area contributed by atoms with Crippen LogP contribution in [0.3, 0.4) is 0 Å². The van der Waals surface area contributed by atoms with Crippen LogP contribution in [0.5, 0.6) is 0 Å². The molecule has 386 valence electrons. The number of rotatable bonds is 55. The molecule has 0 aliphatic heterocycles. The SMILES string of the molecule is CCCCCCC/C=C\CCCCCCCC(=O)OCCCCCCCCCCCCCCCC(=O)NC(CO)C(O)CCCCCCCCCCCCCCCCCCCCCCC. The molecule has 3 N–H and O–H groups in total. The maximum absolute atomic E-state index is 12.5. The number of carbonyl (C=O) groups excluding carboxylic acids is 2. The zero-order chi connectivity index (χ0) is 47.2. The molecule has 0 saturated heterocycles. The van der Waals surface area contributed by atoms with Gasteiger partial charge in [-0.05, 0) is 51.4 Å². The molecule has 0 spiro atoms. The fraction of sp³-hybridized carbons (Fsp3) is 0.932. The molecule has 0 saturated carbocycles. The highest BCUT2D eigenvalue weighted by atomic mass is 16.5. The van der Waals surface area contributed by atoms with Gasteiger partial charge in [0.25, 0.3) is 0 Å². The average Bonchev–Trinajstić information content (AvgIpc) is 3.31. The van der Waals surface area contributed by atoms with Gasteiger partial charge in [-0.1, -0.05) is 276 Å². The van der Waals surface area contributed by atoms with Gasteiger partial charge in [-0.15, -0.1) is 0 Å². The van der Waals surface area contributed by atoms with Gasteiger partial charge in [0.05, 0.1) is 25.4 Å². The van der Waals surface area contributed by atoms with Crippen LogP contribution < -0.4 is 5.32 Å². The highest BCUT2D eigenvalue weighted by Gasteiger charge is 2.20. The maximum Gasteiger partial charge on any atom is 0.305 e. The number of aliphatic hydroxyl groups excluding tert-OH is 2. The van der Waals surface area contributed by atoms with Gasteiger partial charge in [0.15, 0.2) is 0 Å². The van der Waals surface area contributed by atoms with E-state index in [1.54, 1.807) is 0 Å². The van der Waals surface area contributed by atoms with Gasteiger partial charge < -0.3 is 20.3 Å². The lowest BCUT2D eigenvalue weighted by atomic mass is 10.0. The Hall–Kier alpha value is -1.40. The number of carbonyl (C=O) groups is 2. The van der Waals surface area contributed by atoms with Crippen molar-refractivity contribution in [3.8, 4) is 0 Å². The Kier molecular flexibility index (Phi) is 54.0. The van der Waals surface area contributed by atoms with Crippen LogP contribution in [0, 0.1) is 0 Å². The van der Waals surface area contributed by atoms with Gasteiger partial charge in [-0.2, -0.15) is 0 Å². The quantitative estimate of drug-likeness (QED) is 0.0321. The number of amides is 1. The smallest absolute Gasteiger partial charge is 0.305 e. The predicted octanol–water partition coefficient (Wildman–Crippen LogP) is 18.1. The summed E-state index contributed by atoms with van der Waals surface area (Å²) in [6.45, 7) is 4.94. The first-order valence-electron chi connectivity index (χ1n) is 29.4. The second kappa shape index (κ2) is 55.2. The van der Waals surface area contributed by atoms with Crippen LogP contribution in [0.15, 0.2) is 12.2 Å². The minimum Gasteiger partial charge on any atom is -0.466 e.